The monoisotopic (exact) mass is 553 g/mol. The number of carbonyl (C=O) groups is 3. The maximum absolute atomic E-state index is 14.3. The molecule has 4 unspecified atom stereocenters. The summed E-state index contributed by atoms with van der Waals surface area (Å²) in [6.45, 7) is 13.0. The third-order valence-corrected chi connectivity index (χ3v) is 6.80. The van der Waals surface area contributed by atoms with E-state index in [0.29, 0.717) is 29.0 Å². The number of phenolic OH excluding ortho intramolecular Hbond substituents is 1. The fourth-order valence-corrected chi connectivity index (χ4v) is 4.67. The van der Waals surface area contributed by atoms with Gasteiger partial charge in [-0.3, -0.25) is 9.59 Å². The van der Waals surface area contributed by atoms with Gasteiger partial charge in [-0.2, -0.15) is 0 Å². The summed E-state index contributed by atoms with van der Waals surface area (Å²) in [6, 6.07) is 9.77. The molecule has 1 fully saturated rings. The molecule has 3 amide bonds. The molecule has 9 nitrogen and oxygen atoms in total. The molecule has 0 aromatic heterocycles. The number of nitrogens with zero attached hydrogens (tertiary/aromatic N) is 1. The number of nitrogens with one attached hydrogen (secondary N) is 2. The Balaban J connectivity index is 2.03. The van der Waals surface area contributed by atoms with Crippen LogP contribution in [0.1, 0.15) is 71.6 Å². The highest BCUT2D eigenvalue weighted by atomic mass is 16.6. The Bertz CT molecular complexity index is 1200. The zero-order chi connectivity index (χ0) is 29.8. The van der Waals surface area contributed by atoms with Gasteiger partial charge >= 0.3 is 6.09 Å². The van der Waals surface area contributed by atoms with Crippen molar-refractivity contribution >= 4 is 23.6 Å². The number of phenols is 1. The Morgan fingerprint density at radius 3 is 2.23 bits per heavy atom. The minimum absolute atomic E-state index is 0.0878. The minimum atomic E-state index is -1.00. The third kappa shape index (κ3) is 8.13. The quantitative estimate of drug-likeness (QED) is 0.354. The van der Waals surface area contributed by atoms with Crippen LogP contribution in [0.3, 0.4) is 0 Å². The first kappa shape index (κ1) is 30.8. The number of rotatable bonds is 10. The van der Waals surface area contributed by atoms with Crippen LogP contribution in [-0.4, -0.2) is 52.7 Å². The number of carbonyl (C=O) groups excluding carboxylic acids is 3. The van der Waals surface area contributed by atoms with Crippen molar-refractivity contribution in [3.63, 3.8) is 0 Å². The summed E-state index contributed by atoms with van der Waals surface area (Å²) >= 11 is 0. The summed E-state index contributed by atoms with van der Waals surface area (Å²) in [7, 11) is 1.57. The molecule has 0 spiro atoms. The SMILES string of the molecule is COc1ccc(NC(=O)C(c2ccc(O)c(C)c2)N(C(=O)C(CC(C)C)NC(=O)OC(C)(C)C)C2CC2C)cc1. The summed E-state index contributed by atoms with van der Waals surface area (Å²) in [5, 5.41) is 15.9. The number of amides is 3. The van der Waals surface area contributed by atoms with Crippen LogP contribution in [0, 0.1) is 18.8 Å². The van der Waals surface area contributed by atoms with Crippen molar-refractivity contribution in [2.75, 3.05) is 12.4 Å². The lowest BCUT2D eigenvalue weighted by Crippen LogP contribution is -2.53. The third-order valence-electron chi connectivity index (χ3n) is 6.80. The number of methoxy groups -OCH3 is 1. The van der Waals surface area contributed by atoms with Crippen LogP contribution in [0.25, 0.3) is 0 Å². The van der Waals surface area contributed by atoms with E-state index in [2.05, 4.69) is 10.6 Å². The van der Waals surface area contributed by atoms with Crippen molar-refractivity contribution in [2.45, 2.75) is 85.0 Å². The van der Waals surface area contributed by atoms with E-state index in [1.807, 2.05) is 20.8 Å². The smallest absolute Gasteiger partial charge is 0.408 e. The molecule has 0 radical (unpaired) electrons. The average Bonchev–Trinajstić information content (AvgIpc) is 3.58. The van der Waals surface area contributed by atoms with Crippen molar-refractivity contribution in [1.29, 1.82) is 0 Å². The molecule has 4 atom stereocenters. The van der Waals surface area contributed by atoms with Crippen molar-refractivity contribution in [2.24, 2.45) is 11.8 Å². The molecule has 1 aliphatic carbocycles. The first-order chi connectivity index (χ1) is 18.7. The first-order valence-corrected chi connectivity index (χ1v) is 13.8. The molecule has 1 saturated carbocycles. The van der Waals surface area contributed by atoms with Crippen molar-refractivity contribution < 1.29 is 29.0 Å². The summed E-state index contributed by atoms with van der Waals surface area (Å²) in [5.74, 6) is 0.263. The Kier molecular flexibility index (Phi) is 9.71. The summed E-state index contributed by atoms with van der Waals surface area (Å²) in [4.78, 5) is 42.7. The lowest BCUT2D eigenvalue weighted by Gasteiger charge is -2.35. The summed E-state index contributed by atoms with van der Waals surface area (Å²) < 4.78 is 10.7. The van der Waals surface area contributed by atoms with Crippen LogP contribution < -0.4 is 15.4 Å². The zero-order valence-corrected chi connectivity index (χ0v) is 24.8. The first-order valence-electron chi connectivity index (χ1n) is 13.8. The topological polar surface area (TPSA) is 117 Å². The van der Waals surface area contributed by atoms with Gasteiger partial charge in [0.25, 0.3) is 5.91 Å². The van der Waals surface area contributed by atoms with Gasteiger partial charge in [-0.05, 0) is 99.9 Å². The molecule has 218 valence electrons. The van der Waals surface area contributed by atoms with Crippen LogP contribution in [-0.2, 0) is 14.3 Å². The fraction of sp³-hybridized carbons (Fsp3) is 0.516. The Hall–Kier alpha value is -3.75. The number of aromatic hydroxyl groups is 1. The van der Waals surface area contributed by atoms with Gasteiger partial charge in [0.1, 0.15) is 29.2 Å². The Labute approximate surface area is 237 Å². The second-order valence-electron chi connectivity index (χ2n) is 12.0. The van der Waals surface area contributed by atoms with Gasteiger partial charge in [0.05, 0.1) is 7.11 Å². The molecule has 40 heavy (non-hydrogen) atoms. The molecule has 0 bridgehead atoms. The number of hydrogen-bond donors (Lipinski definition) is 3. The predicted molar refractivity (Wildman–Crippen MR) is 154 cm³/mol. The standard InChI is InChI=1S/C31H43N3O6/c1-18(2)15-24(33-30(38)40-31(5,6)7)29(37)34(25-17-19(25)3)27(21-9-14-26(35)20(4)16-21)28(36)32-22-10-12-23(39-8)13-11-22/h9-14,16,18-19,24-25,27,35H,15,17H2,1-8H3,(H,32,36)(H,33,38). The summed E-state index contributed by atoms with van der Waals surface area (Å²) in [6.07, 6.45) is 0.419. The number of ether oxygens (including phenoxy) is 2. The molecule has 0 saturated heterocycles. The molecule has 3 N–H and O–H groups in total. The lowest BCUT2D eigenvalue weighted by molar-refractivity contribution is -0.142. The van der Waals surface area contributed by atoms with Crippen LogP contribution in [0.2, 0.25) is 0 Å². The second-order valence-corrected chi connectivity index (χ2v) is 12.0. The van der Waals surface area contributed by atoms with E-state index in [1.54, 1.807) is 76.1 Å². The predicted octanol–water partition coefficient (Wildman–Crippen LogP) is 5.57. The second kappa shape index (κ2) is 12.6. The normalized spacial score (nSPS) is 17.9. The number of anilines is 1. The van der Waals surface area contributed by atoms with Crippen LogP contribution in [0.4, 0.5) is 10.5 Å². The molecular formula is C31H43N3O6. The Morgan fingerprint density at radius 2 is 1.73 bits per heavy atom. The molecule has 0 aliphatic heterocycles. The van der Waals surface area contributed by atoms with Gasteiger partial charge in [0.15, 0.2) is 0 Å². The highest BCUT2D eigenvalue weighted by molar-refractivity contribution is 5.99. The number of aryl methyl sites for hydroxylation is 1. The van der Waals surface area contributed by atoms with Gasteiger partial charge in [-0.25, -0.2) is 4.79 Å². The fourth-order valence-electron chi connectivity index (χ4n) is 4.67. The molecule has 3 rings (SSSR count). The van der Waals surface area contributed by atoms with E-state index in [4.69, 9.17) is 9.47 Å². The molecule has 1 aliphatic rings. The van der Waals surface area contributed by atoms with E-state index in [-0.39, 0.29) is 29.5 Å². The van der Waals surface area contributed by atoms with E-state index in [1.165, 1.54) is 6.07 Å². The Morgan fingerprint density at radius 1 is 1.10 bits per heavy atom. The number of hydrogen-bond acceptors (Lipinski definition) is 6. The van der Waals surface area contributed by atoms with Gasteiger partial charge in [-0.1, -0.05) is 26.8 Å². The maximum atomic E-state index is 14.3. The van der Waals surface area contributed by atoms with E-state index >= 15 is 0 Å². The number of benzene rings is 2. The molecular weight excluding hydrogens is 510 g/mol. The van der Waals surface area contributed by atoms with E-state index in [0.717, 1.165) is 6.42 Å². The molecule has 2 aromatic carbocycles. The van der Waals surface area contributed by atoms with Crippen LogP contribution >= 0.6 is 0 Å². The molecule has 2 aromatic rings. The maximum Gasteiger partial charge on any atom is 0.408 e. The van der Waals surface area contributed by atoms with Gasteiger partial charge in [0, 0.05) is 11.7 Å². The average molecular weight is 554 g/mol. The summed E-state index contributed by atoms with van der Waals surface area (Å²) in [5.41, 5.74) is 0.967. The van der Waals surface area contributed by atoms with Crippen molar-refractivity contribution in [3.05, 3.63) is 53.6 Å². The molecule has 9 heteroatoms. The van der Waals surface area contributed by atoms with E-state index in [9.17, 15) is 19.5 Å². The van der Waals surface area contributed by atoms with Crippen molar-refractivity contribution in [3.8, 4) is 11.5 Å². The largest absolute Gasteiger partial charge is 0.508 e. The van der Waals surface area contributed by atoms with Crippen molar-refractivity contribution in [1.82, 2.24) is 10.2 Å². The molecule has 0 heterocycles. The van der Waals surface area contributed by atoms with Gasteiger partial charge < -0.3 is 30.1 Å². The van der Waals surface area contributed by atoms with E-state index < -0.39 is 29.7 Å². The van der Waals surface area contributed by atoms with Crippen LogP contribution in [0.5, 0.6) is 11.5 Å². The zero-order valence-electron chi connectivity index (χ0n) is 24.8. The highest BCUT2D eigenvalue weighted by Crippen LogP contribution is 2.42. The lowest BCUT2D eigenvalue weighted by atomic mass is 9.97. The number of alkyl carbamates (subject to hydrolysis) is 1. The van der Waals surface area contributed by atoms with Gasteiger partial charge in [0.2, 0.25) is 5.91 Å². The minimum Gasteiger partial charge on any atom is -0.508 e. The van der Waals surface area contributed by atoms with Gasteiger partial charge in [-0.15, -0.1) is 0 Å². The van der Waals surface area contributed by atoms with Crippen LogP contribution in [0.15, 0.2) is 42.5 Å². The highest BCUT2D eigenvalue weighted by Gasteiger charge is 2.48.